The van der Waals surface area contributed by atoms with Crippen LogP contribution in [0.15, 0.2) is 0 Å². The topological polar surface area (TPSA) is 107 Å². The first-order valence-electron chi connectivity index (χ1n) is 4.77. The van der Waals surface area contributed by atoms with Crippen molar-refractivity contribution in [3.05, 3.63) is 0 Å². The molecule has 0 saturated carbocycles. The van der Waals surface area contributed by atoms with E-state index in [2.05, 4.69) is 21.1 Å². The molecule has 0 rings (SSSR count). The molecule has 0 atom stereocenters. The third-order valence-corrected chi connectivity index (χ3v) is 1.72. The molecule has 7 heteroatoms. The monoisotopic (exact) mass is 249 g/mol. The first kappa shape index (κ1) is 21.8. The van der Waals surface area contributed by atoms with Crippen LogP contribution in [0.4, 0.5) is 0 Å². The number of rotatable bonds is 5. The first-order valence-corrected chi connectivity index (χ1v) is 4.77. The van der Waals surface area contributed by atoms with E-state index in [9.17, 15) is 0 Å². The molecule has 0 aliphatic rings. The van der Waals surface area contributed by atoms with Crippen LogP contribution in [-0.4, -0.2) is 108 Å². The summed E-state index contributed by atoms with van der Waals surface area (Å²) in [5.74, 6) is 0. The van der Waals surface area contributed by atoms with Gasteiger partial charge in [0, 0.05) is 0 Å². The Morgan fingerprint density at radius 2 is 1.25 bits per heavy atom. The Morgan fingerprint density at radius 3 is 1.25 bits per heavy atom. The van der Waals surface area contributed by atoms with Gasteiger partial charge >= 0.3 is 23.1 Å². The standard InChI is InChI=1S/C5H14NO.C4H11NO3.Mg/c1-6(2,3)4-5-7;5-4(1-6,2-7)3-8;/h7H,4-5H2,1-3H3;6-8H,1-3,5H2;/q+1;;+2. The normalized spacial score (nSPS) is 11.2. The van der Waals surface area contributed by atoms with Crippen molar-refractivity contribution in [2.75, 3.05) is 54.1 Å². The zero-order chi connectivity index (χ0) is 12.5. The summed E-state index contributed by atoms with van der Waals surface area (Å²) in [6.07, 6.45) is 0. The maximum absolute atomic E-state index is 8.39. The van der Waals surface area contributed by atoms with Gasteiger partial charge < -0.3 is 30.6 Å². The van der Waals surface area contributed by atoms with Crippen LogP contribution in [0.5, 0.6) is 0 Å². The zero-order valence-corrected chi connectivity index (χ0v) is 12.0. The average molecular weight is 250 g/mol. The second-order valence-electron chi connectivity index (χ2n) is 4.57. The molecule has 0 radical (unpaired) electrons. The van der Waals surface area contributed by atoms with Gasteiger partial charge in [-0.25, -0.2) is 0 Å². The molecular formula is C9H25MgN2O4+3. The molecule has 0 saturated heterocycles. The van der Waals surface area contributed by atoms with Crippen LogP contribution in [0, 0.1) is 0 Å². The number of hydrogen-bond acceptors (Lipinski definition) is 5. The molecule has 0 aliphatic heterocycles. The van der Waals surface area contributed by atoms with Crippen molar-refractivity contribution in [1.29, 1.82) is 0 Å². The Bertz CT molecular complexity index is 141. The molecule has 6 nitrogen and oxygen atoms in total. The summed E-state index contributed by atoms with van der Waals surface area (Å²) in [5, 5.41) is 33.4. The van der Waals surface area contributed by atoms with Gasteiger partial charge in [0.15, 0.2) is 0 Å². The second-order valence-corrected chi connectivity index (χ2v) is 4.57. The molecular weight excluding hydrogens is 224 g/mol. The van der Waals surface area contributed by atoms with Gasteiger partial charge in [0.05, 0.1) is 53.1 Å². The second kappa shape index (κ2) is 10.7. The molecule has 0 heterocycles. The van der Waals surface area contributed by atoms with E-state index < -0.39 is 25.4 Å². The van der Waals surface area contributed by atoms with Gasteiger partial charge in [0.25, 0.3) is 0 Å². The van der Waals surface area contributed by atoms with E-state index in [1.165, 1.54) is 0 Å². The molecule has 0 amide bonds. The molecule has 0 fully saturated rings. The van der Waals surface area contributed by atoms with Gasteiger partial charge in [0.1, 0.15) is 6.54 Å². The molecule has 6 N–H and O–H groups in total. The number of quaternary nitrogens is 1. The summed E-state index contributed by atoms with van der Waals surface area (Å²) in [5.41, 5.74) is 3.94. The molecule has 0 bridgehead atoms. The predicted molar refractivity (Wildman–Crippen MR) is 63.9 cm³/mol. The van der Waals surface area contributed by atoms with Gasteiger partial charge in [-0.15, -0.1) is 0 Å². The van der Waals surface area contributed by atoms with Gasteiger partial charge in [-0.05, 0) is 0 Å². The number of aliphatic hydroxyl groups is 4. The Hall–Kier alpha value is 0.526. The SMILES string of the molecule is C[N+](C)(C)CCO.NC(CO)(CO)CO.[Mg+2]. The molecule has 0 spiro atoms. The molecule has 0 unspecified atom stereocenters. The Kier molecular flexibility index (Phi) is 14.5. The van der Waals surface area contributed by atoms with Crippen LogP contribution >= 0.6 is 0 Å². The van der Waals surface area contributed by atoms with Crippen LogP contribution in [-0.2, 0) is 0 Å². The average Bonchev–Trinajstić information content (AvgIpc) is 2.16. The summed E-state index contributed by atoms with van der Waals surface area (Å²) in [7, 11) is 6.16. The minimum absolute atomic E-state index is 0. The van der Waals surface area contributed by atoms with Crippen LogP contribution in [0.25, 0.3) is 0 Å². The van der Waals surface area contributed by atoms with Crippen molar-refractivity contribution in [3.8, 4) is 0 Å². The van der Waals surface area contributed by atoms with Crippen LogP contribution in [0.2, 0.25) is 0 Å². The van der Waals surface area contributed by atoms with Crippen molar-refractivity contribution in [2.24, 2.45) is 5.73 Å². The van der Waals surface area contributed by atoms with E-state index >= 15 is 0 Å². The Balaban J connectivity index is -0.000000200. The van der Waals surface area contributed by atoms with Crippen molar-refractivity contribution in [2.45, 2.75) is 5.54 Å². The van der Waals surface area contributed by atoms with Crippen molar-refractivity contribution >= 4 is 23.1 Å². The minimum Gasteiger partial charge on any atom is -0.394 e. The Morgan fingerprint density at radius 1 is 0.938 bits per heavy atom. The maximum atomic E-state index is 8.39. The van der Waals surface area contributed by atoms with Crippen molar-refractivity contribution < 1.29 is 24.9 Å². The molecule has 16 heavy (non-hydrogen) atoms. The van der Waals surface area contributed by atoms with E-state index in [0.717, 1.165) is 11.0 Å². The predicted octanol–water partition coefficient (Wildman–Crippen LogP) is -3.04. The van der Waals surface area contributed by atoms with Gasteiger partial charge in [-0.1, -0.05) is 0 Å². The van der Waals surface area contributed by atoms with Crippen LogP contribution < -0.4 is 5.73 Å². The van der Waals surface area contributed by atoms with Crippen molar-refractivity contribution in [1.82, 2.24) is 0 Å². The van der Waals surface area contributed by atoms with Crippen LogP contribution in [0.3, 0.4) is 0 Å². The van der Waals surface area contributed by atoms with E-state index in [0.29, 0.717) is 0 Å². The summed E-state index contributed by atoms with van der Waals surface area (Å²) in [6, 6.07) is 0. The number of likely N-dealkylation sites (N-methyl/N-ethyl adjacent to an activating group) is 1. The minimum atomic E-state index is -1.21. The summed E-state index contributed by atoms with van der Waals surface area (Å²) >= 11 is 0. The molecule has 94 valence electrons. The molecule has 0 aliphatic carbocycles. The fourth-order valence-corrected chi connectivity index (χ4v) is 0.450. The first-order chi connectivity index (χ1) is 6.74. The van der Waals surface area contributed by atoms with E-state index in [4.69, 9.17) is 26.2 Å². The van der Waals surface area contributed by atoms with Gasteiger partial charge in [0.2, 0.25) is 0 Å². The molecule has 0 aromatic rings. The summed E-state index contributed by atoms with van der Waals surface area (Å²) < 4.78 is 0.844. The third kappa shape index (κ3) is 14.5. The third-order valence-electron chi connectivity index (χ3n) is 1.72. The largest absolute Gasteiger partial charge is 2.00 e. The molecule has 0 aromatic carbocycles. The fourth-order valence-electron chi connectivity index (χ4n) is 0.450. The number of aliphatic hydroxyl groups excluding tert-OH is 4. The summed E-state index contributed by atoms with van der Waals surface area (Å²) in [6.45, 7) is -0.0937. The van der Waals surface area contributed by atoms with Crippen molar-refractivity contribution in [3.63, 3.8) is 0 Å². The molecule has 0 aromatic heterocycles. The van der Waals surface area contributed by atoms with Crippen LogP contribution in [0.1, 0.15) is 0 Å². The Labute approximate surface area is 113 Å². The fraction of sp³-hybridized carbons (Fsp3) is 1.00. The smallest absolute Gasteiger partial charge is 0.394 e. The summed E-state index contributed by atoms with van der Waals surface area (Å²) in [4.78, 5) is 0. The number of nitrogens with two attached hydrogens (primary N) is 1. The van der Waals surface area contributed by atoms with Gasteiger partial charge in [-0.2, -0.15) is 0 Å². The quantitative estimate of drug-likeness (QED) is 0.263. The number of hydrogen-bond donors (Lipinski definition) is 5. The van der Waals surface area contributed by atoms with E-state index in [-0.39, 0.29) is 29.7 Å². The van der Waals surface area contributed by atoms with E-state index in [1.807, 2.05) is 0 Å². The number of nitrogens with zero attached hydrogens (tertiary/aromatic N) is 1. The van der Waals surface area contributed by atoms with Gasteiger partial charge in [-0.3, -0.25) is 0 Å². The zero-order valence-electron chi connectivity index (χ0n) is 10.6. The van der Waals surface area contributed by atoms with E-state index in [1.54, 1.807) is 0 Å². The maximum Gasteiger partial charge on any atom is 2.00 e.